The van der Waals surface area contributed by atoms with E-state index in [1.165, 1.54) is 0 Å². The van der Waals surface area contributed by atoms with Gasteiger partial charge in [-0.15, -0.1) is 0 Å². The van der Waals surface area contributed by atoms with Crippen LogP contribution in [0.15, 0.2) is 71.8 Å². The van der Waals surface area contributed by atoms with Gasteiger partial charge in [-0.1, -0.05) is 60.7 Å². The molecule has 4 aromatic rings. The predicted octanol–water partition coefficient (Wildman–Crippen LogP) is 3.85. The lowest BCUT2D eigenvalue weighted by atomic mass is 10.0. The number of hydrogen-bond donors (Lipinski definition) is 3. The van der Waals surface area contributed by atoms with Gasteiger partial charge in [0.1, 0.15) is 5.75 Å². The number of nitrogens with zero attached hydrogens (tertiary/aromatic N) is 5. The Kier molecular flexibility index (Phi) is 5.89. The average Bonchev–Trinajstić information content (AvgIpc) is 2.80. The van der Waals surface area contributed by atoms with Gasteiger partial charge in [0, 0.05) is 26.2 Å². The predicted molar refractivity (Wildman–Crippen MR) is 125 cm³/mol. The molecule has 8 heteroatoms. The third kappa shape index (κ3) is 4.87. The number of aromatic nitrogens is 3. The van der Waals surface area contributed by atoms with Crippen molar-refractivity contribution in [2.45, 2.75) is 6.54 Å². The van der Waals surface area contributed by atoms with E-state index in [0.29, 0.717) is 30.0 Å². The second-order valence-corrected chi connectivity index (χ2v) is 7.11. The van der Waals surface area contributed by atoms with E-state index < -0.39 is 0 Å². The third-order valence-electron chi connectivity index (χ3n) is 4.62. The van der Waals surface area contributed by atoms with E-state index in [0.717, 1.165) is 16.3 Å². The van der Waals surface area contributed by atoms with Crippen molar-refractivity contribution in [1.29, 1.82) is 0 Å². The molecular formula is C23H23N7O. The molecule has 1 aromatic heterocycles. The third-order valence-corrected chi connectivity index (χ3v) is 4.62. The summed E-state index contributed by atoms with van der Waals surface area (Å²) in [6, 6.07) is 21.3. The van der Waals surface area contributed by atoms with Crippen LogP contribution in [0.1, 0.15) is 11.1 Å². The fourth-order valence-corrected chi connectivity index (χ4v) is 3.05. The highest BCUT2D eigenvalue weighted by atomic mass is 16.3. The summed E-state index contributed by atoms with van der Waals surface area (Å²) < 4.78 is 0. The van der Waals surface area contributed by atoms with Gasteiger partial charge in [0.25, 0.3) is 0 Å². The van der Waals surface area contributed by atoms with E-state index >= 15 is 0 Å². The summed E-state index contributed by atoms with van der Waals surface area (Å²) in [6.45, 7) is 0.588. The largest absolute Gasteiger partial charge is 0.507 e. The zero-order valence-corrected chi connectivity index (χ0v) is 17.3. The minimum atomic E-state index is 0.152. The van der Waals surface area contributed by atoms with Crippen LogP contribution < -0.4 is 15.6 Å². The summed E-state index contributed by atoms with van der Waals surface area (Å²) in [5.74, 6) is 1.38. The number of aromatic hydroxyl groups is 1. The summed E-state index contributed by atoms with van der Waals surface area (Å²) in [5.41, 5.74) is 4.59. The molecule has 3 aromatic carbocycles. The number of phenols is 1. The first-order valence-corrected chi connectivity index (χ1v) is 9.81. The lowest BCUT2D eigenvalue weighted by Crippen LogP contribution is -2.16. The Morgan fingerprint density at radius 1 is 0.903 bits per heavy atom. The van der Waals surface area contributed by atoms with Crippen molar-refractivity contribution < 1.29 is 5.11 Å². The topological polar surface area (TPSA) is 98.6 Å². The number of rotatable bonds is 7. The van der Waals surface area contributed by atoms with Crippen molar-refractivity contribution in [3.8, 4) is 5.75 Å². The number of nitrogens with one attached hydrogen (secondary N) is 2. The molecule has 0 aliphatic rings. The smallest absolute Gasteiger partial charge is 0.250 e. The van der Waals surface area contributed by atoms with E-state index in [9.17, 15) is 5.11 Å². The zero-order valence-electron chi connectivity index (χ0n) is 17.3. The fourth-order valence-electron chi connectivity index (χ4n) is 3.05. The van der Waals surface area contributed by atoms with Gasteiger partial charge >= 0.3 is 0 Å². The molecule has 0 saturated carbocycles. The Morgan fingerprint density at radius 2 is 1.65 bits per heavy atom. The minimum Gasteiger partial charge on any atom is -0.507 e. The van der Waals surface area contributed by atoms with Crippen molar-refractivity contribution in [2.24, 2.45) is 5.10 Å². The van der Waals surface area contributed by atoms with Gasteiger partial charge in [0.05, 0.1) is 6.21 Å². The van der Waals surface area contributed by atoms with Crippen LogP contribution in [0.4, 0.5) is 17.8 Å². The molecule has 8 nitrogen and oxygen atoms in total. The van der Waals surface area contributed by atoms with Crippen molar-refractivity contribution in [2.75, 3.05) is 29.7 Å². The van der Waals surface area contributed by atoms with Gasteiger partial charge in [0.15, 0.2) is 0 Å². The maximum absolute atomic E-state index is 10.3. The molecule has 0 aliphatic carbocycles. The molecule has 0 aliphatic heterocycles. The Morgan fingerprint density at radius 3 is 2.45 bits per heavy atom. The highest BCUT2D eigenvalue weighted by Gasteiger charge is 2.08. The van der Waals surface area contributed by atoms with E-state index in [1.54, 1.807) is 17.2 Å². The summed E-state index contributed by atoms with van der Waals surface area (Å²) >= 11 is 0. The molecule has 156 valence electrons. The summed E-state index contributed by atoms with van der Waals surface area (Å²) in [6.07, 6.45) is 1.56. The van der Waals surface area contributed by atoms with Gasteiger partial charge in [0.2, 0.25) is 17.8 Å². The van der Waals surface area contributed by atoms with Gasteiger partial charge < -0.3 is 15.3 Å². The lowest BCUT2D eigenvalue weighted by Gasteiger charge is -2.13. The Balaban J connectivity index is 1.55. The zero-order chi connectivity index (χ0) is 21.6. The number of phenolic OH excluding ortho intramolecular Hbond substituents is 1. The van der Waals surface area contributed by atoms with Gasteiger partial charge in [-0.25, -0.2) is 5.43 Å². The van der Waals surface area contributed by atoms with Gasteiger partial charge in [-0.05, 0) is 22.4 Å². The van der Waals surface area contributed by atoms with Crippen LogP contribution in [-0.2, 0) is 6.54 Å². The Hall–Kier alpha value is -4.20. The average molecular weight is 413 g/mol. The first-order chi connectivity index (χ1) is 15.1. The monoisotopic (exact) mass is 413 g/mol. The first kappa shape index (κ1) is 20.1. The molecule has 0 saturated heterocycles. The second kappa shape index (κ2) is 9.08. The Labute approximate surface area is 180 Å². The molecule has 0 fully saturated rings. The first-order valence-electron chi connectivity index (χ1n) is 9.81. The molecule has 0 spiro atoms. The summed E-state index contributed by atoms with van der Waals surface area (Å²) in [4.78, 5) is 15.0. The van der Waals surface area contributed by atoms with E-state index in [-0.39, 0.29) is 5.75 Å². The van der Waals surface area contributed by atoms with Crippen molar-refractivity contribution in [1.82, 2.24) is 15.0 Å². The van der Waals surface area contributed by atoms with Crippen molar-refractivity contribution >= 4 is 34.8 Å². The summed E-state index contributed by atoms with van der Waals surface area (Å²) in [5, 5.41) is 19.7. The van der Waals surface area contributed by atoms with Gasteiger partial charge in [-0.3, -0.25) is 0 Å². The highest BCUT2D eigenvalue weighted by Crippen LogP contribution is 2.25. The molecule has 0 radical (unpaired) electrons. The molecule has 0 bridgehead atoms. The van der Waals surface area contributed by atoms with E-state index in [2.05, 4.69) is 30.8 Å². The van der Waals surface area contributed by atoms with E-state index in [1.807, 2.05) is 74.8 Å². The number of fused-ring (bicyclic) bond motifs is 1. The fraction of sp³-hybridized carbons (Fsp3) is 0.130. The maximum atomic E-state index is 10.3. The molecule has 1 heterocycles. The molecule has 31 heavy (non-hydrogen) atoms. The normalized spacial score (nSPS) is 11.0. The minimum absolute atomic E-state index is 0.152. The molecule has 0 amide bonds. The standard InChI is InChI=1S/C23H23N7O/c1-30(2)23-27-21(24-14-16-8-4-3-5-9-16)26-22(28-23)29-25-15-19-18-11-7-6-10-17(18)12-13-20(19)31/h3-13,15,31H,14H2,1-2H3,(H2,24,26,27,28,29). The number of benzene rings is 3. The van der Waals surface area contributed by atoms with Gasteiger partial charge in [-0.2, -0.15) is 20.1 Å². The maximum Gasteiger partial charge on any atom is 0.250 e. The van der Waals surface area contributed by atoms with E-state index in [4.69, 9.17) is 0 Å². The molecule has 0 atom stereocenters. The number of hydrogen-bond acceptors (Lipinski definition) is 8. The van der Waals surface area contributed by atoms with Crippen molar-refractivity contribution in [3.63, 3.8) is 0 Å². The highest BCUT2D eigenvalue weighted by molar-refractivity contribution is 6.02. The van der Waals surface area contributed by atoms with Crippen molar-refractivity contribution in [3.05, 3.63) is 77.9 Å². The van der Waals surface area contributed by atoms with Crippen LogP contribution in [0.2, 0.25) is 0 Å². The quantitative estimate of drug-likeness (QED) is 0.313. The van der Waals surface area contributed by atoms with Crippen LogP contribution >= 0.6 is 0 Å². The van der Waals surface area contributed by atoms with Crippen LogP contribution in [-0.4, -0.2) is 40.4 Å². The molecule has 0 unspecified atom stereocenters. The molecule has 3 N–H and O–H groups in total. The SMILES string of the molecule is CN(C)c1nc(NCc2ccccc2)nc(NN=Cc2c(O)ccc3ccccc23)n1. The summed E-state index contributed by atoms with van der Waals surface area (Å²) in [7, 11) is 3.72. The van der Waals surface area contributed by atoms with Crippen LogP contribution in [0.3, 0.4) is 0 Å². The van der Waals surface area contributed by atoms with Crippen LogP contribution in [0.25, 0.3) is 10.8 Å². The molecule has 4 rings (SSSR count). The number of anilines is 3. The lowest BCUT2D eigenvalue weighted by molar-refractivity contribution is 0.475. The molecular weight excluding hydrogens is 390 g/mol. The Bertz CT molecular complexity index is 1210. The van der Waals surface area contributed by atoms with Crippen LogP contribution in [0, 0.1) is 0 Å². The second-order valence-electron chi connectivity index (χ2n) is 7.11. The van der Waals surface area contributed by atoms with Crippen LogP contribution in [0.5, 0.6) is 5.75 Å². The number of hydrazone groups is 1.